The number of nitrogens with two attached hydrogens (primary N) is 1. The zero-order valence-corrected chi connectivity index (χ0v) is 15.0. The van der Waals surface area contributed by atoms with E-state index in [2.05, 4.69) is 51.4 Å². The molecule has 1 aliphatic heterocycles. The van der Waals surface area contributed by atoms with Gasteiger partial charge in [0.15, 0.2) is 0 Å². The fraction of sp³-hybridized carbons (Fsp3) is 0.421. The lowest BCUT2D eigenvalue weighted by atomic mass is 10.1. The highest BCUT2D eigenvalue weighted by Crippen LogP contribution is 2.25. The second-order valence-electron chi connectivity index (χ2n) is 6.68. The third-order valence-electron chi connectivity index (χ3n) is 4.86. The smallest absolute Gasteiger partial charge is 0.286 e. The van der Waals surface area contributed by atoms with Crippen LogP contribution in [0.3, 0.4) is 0 Å². The Hall–Kier alpha value is -2.47. The summed E-state index contributed by atoms with van der Waals surface area (Å²) in [7, 11) is 0. The maximum atomic E-state index is 11.5. The van der Waals surface area contributed by atoms with Gasteiger partial charge in [-0.25, -0.2) is 9.97 Å². The predicted octanol–water partition coefficient (Wildman–Crippen LogP) is 2.12. The van der Waals surface area contributed by atoms with Crippen molar-refractivity contribution in [1.29, 1.82) is 0 Å². The molecule has 2 atom stereocenters. The second kappa shape index (κ2) is 7.19. The third-order valence-corrected chi connectivity index (χ3v) is 4.86. The van der Waals surface area contributed by atoms with Crippen LogP contribution in [0.4, 0.5) is 5.82 Å². The molecule has 6 heteroatoms. The first kappa shape index (κ1) is 17.4. The highest BCUT2D eigenvalue weighted by molar-refractivity contribution is 5.89. The molecule has 3 rings (SSSR count). The van der Waals surface area contributed by atoms with Gasteiger partial charge in [0.2, 0.25) is 5.82 Å². The Morgan fingerprint density at radius 3 is 2.68 bits per heavy atom. The van der Waals surface area contributed by atoms with E-state index in [-0.39, 0.29) is 5.82 Å². The summed E-state index contributed by atoms with van der Waals surface area (Å²) in [5.41, 5.74) is 8.45. The van der Waals surface area contributed by atoms with Gasteiger partial charge in [-0.05, 0) is 32.8 Å². The number of aryl methyl sites for hydroxylation is 1. The van der Waals surface area contributed by atoms with Crippen molar-refractivity contribution in [2.24, 2.45) is 5.73 Å². The maximum absolute atomic E-state index is 11.5. The van der Waals surface area contributed by atoms with Crippen LogP contribution < -0.4 is 16.0 Å². The fourth-order valence-corrected chi connectivity index (χ4v) is 3.31. The lowest BCUT2D eigenvalue weighted by molar-refractivity contribution is 0.0990. The number of carbonyl (C=O) groups excluding carboxylic acids is 1. The van der Waals surface area contributed by atoms with Crippen molar-refractivity contribution in [3.8, 4) is 0 Å². The molecular formula is C19H25N5O. The average Bonchev–Trinajstić information content (AvgIpc) is 3.06. The van der Waals surface area contributed by atoms with Crippen molar-refractivity contribution >= 4 is 11.7 Å². The van der Waals surface area contributed by atoms with E-state index in [0.717, 1.165) is 36.6 Å². The molecule has 0 aliphatic carbocycles. The average molecular weight is 339 g/mol. The zero-order valence-electron chi connectivity index (χ0n) is 15.0. The Morgan fingerprint density at radius 1 is 1.28 bits per heavy atom. The summed E-state index contributed by atoms with van der Waals surface area (Å²) >= 11 is 0. The second-order valence-corrected chi connectivity index (χ2v) is 6.68. The van der Waals surface area contributed by atoms with Crippen LogP contribution in [0, 0.1) is 13.8 Å². The standard InChI is InChI=1S/C19H25N5O/c1-12-13(2)22-18(17(20)25)23-19(12)24-10-9-16(11-24)21-14(3)15-7-5-4-6-8-15/h4-8,14,16,21H,9-11H2,1-3H3,(H2,20,25)/t14?,16-/m1/s1. The van der Waals surface area contributed by atoms with Crippen LogP contribution >= 0.6 is 0 Å². The molecule has 0 spiro atoms. The molecule has 2 heterocycles. The first-order chi connectivity index (χ1) is 12.0. The minimum atomic E-state index is -0.587. The van der Waals surface area contributed by atoms with Crippen molar-refractivity contribution in [3.63, 3.8) is 0 Å². The van der Waals surface area contributed by atoms with E-state index in [9.17, 15) is 4.79 Å². The number of hydrogen-bond donors (Lipinski definition) is 2. The van der Waals surface area contributed by atoms with E-state index in [1.807, 2.05) is 19.9 Å². The first-order valence-corrected chi connectivity index (χ1v) is 8.66. The number of nitrogens with one attached hydrogen (secondary N) is 1. The van der Waals surface area contributed by atoms with E-state index in [1.165, 1.54) is 5.56 Å². The summed E-state index contributed by atoms with van der Waals surface area (Å²) in [4.78, 5) is 22.3. The van der Waals surface area contributed by atoms with Gasteiger partial charge >= 0.3 is 0 Å². The van der Waals surface area contributed by atoms with Crippen LogP contribution in [0.15, 0.2) is 30.3 Å². The molecule has 0 saturated carbocycles. The normalized spacial score (nSPS) is 18.4. The van der Waals surface area contributed by atoms with Crippen molar-refractivity contribution in [2.45, 2.75) is 39.3 Å². The quantitative estimate of drug-likeness (QED) is 0.872. The highest BCUT2D eigenvalue weighted by atomic mass is 16.1. The molecule has 1 aliphatic rings. The third kappa shape index (κ3) is 3.79. The fourth-order valence-electron chi connectivity index (χ4n) is 3.31. The minimum Gasteiger partial charge on any atom is -0.363 e. The molecular weight excluding hydrogens is 314 g/mol. The van der Waals surface area contributed by atoms with Crippen LogP contribution in [-0.4, -0.2) is 35.0 Å². The van der Waals surface area contributed by atoms with Crippen LogP contribution in [-0.2, 0) is 0 Å². The van der Waals surface area contributed by atoms with E-state index >= 15 is 0 Å². The number of benzene rings is 1. The number of nitrogens with zero attached hydrogens (tertiary/aromatic N) is 3. The molecule has 3 N–H and O–H groups in total. The van der Waals surface area contributed by atoms with Gasteiger partial charge < -0.3 is 16.0 Å². The first-order valence-electron chi connectivity index (χ1n) is 8.66. The largest absolute Gasteiger partial charge is 0.363 e. The molecule has 132 valence electrons. The monoisotopic (exact) mass is 339 g/mol. The highest BCUT2D eigenvalue weighted by Gasteiger charge is 2.27. The number of aromatic nitrogens is 2. The number of rotatable bonds is 5. The molecule has 6 nitrogen and oxygen atoms in total. The van der Waals surface area contributed by atoms with Crippen LogP contribution in [0.2, 0.25) is 0 Å². The summed E-state index contributed by atoms with van der Waals surface area (Å²) in [6.45, 7) is 7.81. The van der Waals surface area contributed by atoms with Crippen molar-refractivity contribution in [1.82, 2.24) is 15.3 Å². The SMILES string of the molecule is Cc1nc(C(N)=O)nc(N2CC[C@@H](NC(C)c3ccccc3)C2)c1C. The number of amides is 1. The van der Waals surface area contributed by atoms with Gasteiger partial charge in [0, 0.05) is 36.4 Å². The molecule has 2 aromatic rings. The van der Waals surface area contributed by atoms with E-state index in [0.29, 0.717) is 12.1 Å². The minimum absolute atomic E-state index is 0.0900. The van der Waals surface area contributed by atoms with E-state index in [1.54, 1.807) is 0 Å². The molecule has 1 amide bonds. The summed E-state index contributed by atoms with van der Waals surface area (Å²) in [6, 6.07) is 11.1. The van der Waals surface area contributed by atoms with Crippen LogP contribution in [0.5, 0.6) is 0 Å². The van der Waals surface area contributed by atoms with Gasteiger partial charge in [0.1, 0.15) is 5.82 Å². The molecule has 25 heavy (non-hydrogen) atoms. The summed E-state index contributed by atoms with van der Waals surface area (Å²) in [5.74, 6) is 0.320. The Morgan fingerprint density at radius 2 is 2.00 bits per heavy atom. The van der Waals surface area contributed by atoms with Gasteiger partial charge in [0.25, 0.3) is 5.91 Å². The summed E-state index contributed by atoms with van der Waals surface area (Å²) in [6.07, 6.45) is 1.03. The lowest BCUT2D eigenvalue weighted by Gasteiger charge is -2.23. The Labute approximate surface area is 148 Å². The summed E-state index contributed by atoms with van der Waals surface area (Å²) in [5, 5.41) is 3.69. The molecule has 1 unspecified atom stereocenters. The molecule has 1 fully saturated rings. The van der Waals surface area contributed by atoms with Crippen molar-refractivity contribution < 1.29 is 4.79 Å². The Bertz CT molecular complexity index is 762. The van der Waals surface area contributed by atoms with Gasteiger partial charge in [-0.15, -0.1) is 0 Å². The maximum Gasteiger partial charge on any atom is 0.286 e. The van der Waals surface area contributed by atoms with E-state index in [4.69, 9.17) is 5.73 Å². The van der Waals surface area contributed by atoms with Crippen molar-refractivity contribution in [2.75, 3.05) is 18.0 Å². The topological polar surface area (TPSA) is 84.1 Å². The molecule has 1 aromatic heterocycles. The van der Waals surface area contributed by atoms with Crippen LogP contribution in [0.1, 0.15) is 46.8 Å². The number of hydrogen-bond acceptors (Lipinski definition) is 5. The molecule has 1 aromatic carbocycles. The van der Waals surface area contributed by atoms with Crippen LogP contribution in [0.25, 0.3) is 0 Å². The zero-order chi connectivity index (χ0) is 18.0. The number of carbonyl (C=O) groups is 1. The Balaban J connectivity index is 1.72. The number of primary amides is 1. The van der Waals surface area contributed by atoms with Gasteiger partial charge in [-0.1, -0.05) is 30.3 Å². The molecule has 0 radical (unpaired) electrons. The molecule has 1 saturated heterocycles. The molecule has 0 bridgehead atoms. The lowest BCUT2D eigenvalue weighted by Crippen LogP contribution is -2.35. The summed E-state index contributed by atoms with van der Waals surface area (Å²) < 4.78 is 0. The van der Waals surface area contributed by atoms with E-state index < -0.39 is 5.91 Å². The predicted molar refractivity (Wildman–Crippen MR) is 98.6 cm³/mol. The Kier molecular flexibility index (Phi) is 4.99. The van der Waals surface area contributed by atoms with Gasteiger partial charge in [-0.3, -0.25) is 4.79 Å². The van der Waals surface area contributed by atoms with Gasteiger partial charge in [0.05, 0.1) is 0 Å². The number of anilines is 1. The van der Waals surface area contributed by atoms with Gasteiger partial charge in [-0.2, -0.15) is 0 Å². The van der Waals surface area contributed by atoms with Crippen molar-refractivity contribution in [3.05, 3.63) is 53.0 Å².